The van der Waals surface area contributed by atoms with Crippen LogP contribution in [0.2, 0.25) is 0 Å². The van der Waals surface area contributed by atoms with Crippen molar-refractivity contribution in [2.75, 3.05) is 6.61 Å². The van der Waals surface area contributed by atoms with Gasteiger partial charge in [0.25, 0.3) is 5.56 Å². The van der Waals surface area contributed by atoms with Crippen molar-refractivity contribution in [3.63, 3.8) is 0 Å². The molecule has 1 N–H and O–H groups in total. The lowest BCUT2D eigenvalue weighted by Crippen LogP contribution is -2.36. The third kappa shape index (κ3) is 2.91. The van der Waals surface area contributed by atoms with E-state index < -0.39 is 34.9 Å². The van der Waals surface area contributed by atoms with Crippen LogP contribution < -0.4 is 5.56 Å². The molecule has 0 spiro atoms. The molecular formula is C10H8F5NO3. The van der Waals surface area contributed by atoms with Crippen LogP contribution in [0.25, 0.3) is 0 Å². The van der Waals surface area contributed by atoms with Crippen LogP contribution in [-0.2, 0) is 10.7 Å². The maximum atomic E-state index is 12.9. The molecule has 0 fully saturated rings. The average Bonchev–Trinajstić information content (AvgIpc) is 2.27. The van der Waals surface area contributed by atoms with Crippen molar-refractivity contribution in [3.8, 4) is 0 Å². The minimum Gasteiger partial charge on any atom is -0.462 e. The Morgan fingerprint density at radius 3 is 2.26 bits per heavy atom. The van der Waals surface area contributed by atoms with Crippen LogP contribution in [0.4, 0.5) is 22.0 Å². The highest BCUT2D eigenvalue weighted by Crippen LogP contribution is 2.42. The summed E-state index contributed by atoms with van der Waals surface area (Å²) >= 11 is 0. The topological polar surface area (TPSA) is 59.2 Å². The molecule has 4 nitrogen and oxygen atoms in total. The van der Waals surface area contributed by atoms with Crippen molar-refractivity contribution in [3.05, 3.63) is 33.7 Å². The zero-order valence-electron chi connectivity index (χ0n) is 9.48. The molecular weight excluding hydrogens is 277 g/mol. The Morgan fingerprint density at radius 2 is 1.84 bits per heavy atom. The summed E-state index contributed by atoms with van der Waals surface area (Å²) in [6, 6.07) is 0.882. The molecule has 0 unspecified atom stereocenters. The van der Waals surface area contributed by atoms with Gasteiger partial charge in [0.1, 0.15) is 5.56 Å². The number of H-pyrrole nitrogens is 1. The minimum atomic E-state index is -5.85. The van der Waals surface area contributed by atoms with Gasteiger partial charge in [0.05, 0.1) is 12.3 Å². The fourth-order valence-corrected chi connectivity index (χ4v) is 1.18. The van der Waals surface area contributed by atoms with E-state index in [0.29, 0.717) is 12.1 Å². The number of hydrogen-bond acceptors (Lipinski definition) is 3. The van der Waals surface area contributed by atoms with Gasteiger partial charge in [0, 0.05) is 0 Å². The van der Waals surface area contributed by atoms with Crippen LogP contribution >= 0.6 is 0 Å². The van der Waals surface area contributed by atoms with Gasteiger partial charge in [0.15, 0.2) is 0 Å². The van der Waals surface area contributed by atoms with Gasteiger partial charge in [-0.1, -0.05) is 0 Å². The van der Waals surface area contributed by atoms with E-state index in [1.165, 1.54) is 11.9 Å². The number of hydrogen-bond donors (Lipinski definition) is 1. The van der Waals surface area contributed by atoms with Crippen LogP contribution in [0.15, 0.2) is 16.9 Å². The first-order chi connectivity index (χ1) is 8.61. The van der Waals surface area contributed by atoms with Crippen molar-refractivity contribution in [2.24, 2.45) is 0 Å². The zero-order valence-corrected chi connectivity index (χ0v) is 9.48. The van der Waals surface area contributed by atoms with Gasteiger partial charge in [-0.25, -0.2) is 4.79 Å². The highest BCUT2D eigenvalue weighted by atomic mass is 19.4. The summed E-state index contributed by atoms with van der Waals surface area (Å²) in [6.45, 7) is 1.37. The molecule has 1 aromatic rings. The van der Waals surface area contributed by atoms with E-state index in [2.05, 4.69) is 4.74 Å². The van der Waals surface area contributed by atoms with Crippen LogP contribution in [0.5, 0.6) is 0 Å². The maximum Gasteiger partial charge on any atom is 0.459 e. The third-order valence-electron chi connectivity index (χ3n) is 2.10. The van der Waals surface area contributed by atoms with E-state index in [1.807, 2.05) is 0 Å². The van der Waals surface area contributed by atoms with Gasteiger partial charge in [0.2, 0.25) is 0 Å². The molecule has 1 rings (SSSR count). The summed E-state index contributed by atoms with van der Waals surface area (Å²) in [6.07, 6.45) is -5.85. The van der Waals surface area contributed by atoms with Crippen molar-refractivity contribution < 1.29 is 31.5 Å². The van der Waals surface area contributed by atoms with Crippen LogP contribution in [0.1, 0.15) is 23.0 Å². The molecule has 1 aromatic heterocycles. The summed E-state index contributed by atoms with van der Waals surface area (Å²) in [5.74, 6) is -6.31. The molecule has 0 atom stereocenters. The summed E-state index contributed by atoms with van der Waals surface area (Å²) in [7, 11) is 0. The van der Waals surface area contributed by atoms with Crippen LogP contribution in [0, 0.1) is 0 Å². The smallest absolute Gasteiger partial charge is 0.459 e. The fourth-order valence-electron chi connectivity index (χ4n) is 1.18. The summed E-state index contributed by atoms with van der Waals surface area (Å²) in [4.78, 5) is 23.8. The first-order valence-corrected chi connectivity index (χ1v) is 4.96. The van der Waals surface area contributed by atoms with Gasteiger partial charge in [-0.15, -0.1) is 0 Å². The molecule has 19 heavy (non-hydrogen) atoms. The van der Waals surface area contributed by atoms with E-state index in [4.69, 9.17) is 0 Å². The number of esters is 1. The quantitative estimate of drug-likeness (QED) is 0.684. The molecule has 9 heteroatoms. The van der Waals surface area contributed by atoms with Crippen molar-refractivity contribution >= 4 is 5.97 Å². The molecule has 0 saturated heterocycles. The number of alkyl halides is 5. The van der Waals surface area contributed by atoms with Gasteiger partial charge >= 0.3 is 18.1 Å². The number of pyridine rings is 1. The Morgan fingerprint density at radius 1 is 1.26 bits per heavy atom. The van der Waals surface area contributed by atoms with Crippen LogP contribution in [-0.4, -0.2) is 23.7 Å². The second-order valence-electron chi connectivity index (χ2n) is 3.41. The summed E-state index contributed by atoms with van der Waals surface area (Å²) in [5, 5.41) is 0. The third-order valence-corrected chi connectivity index (χ3v) is 2.10. The number of aromatic amines is 1. The molecule has 0 bridgehead atoms. The van der Waals surface area contributed by atoms with Crippen molar-refractivity contribution in [2.45, 2.75) is 19.0 Å². The molecule has 0 aliphatic carbocycles. The average molecular weight is 285 g/mol. The predicted molar refractivity (Wildman–Crippen MR) is 53.0 cm³/mol. The van der Waals surface area contributed by atoms with E-state index in [9.17, 15) is 31.5 Å². The maximum absolute atomic E-state index is 12.9. The first-order valence-electron chi connectivity index (χ1n) is 4.96. The van der Waals surface area contributed by atoms with Gasteiger partial charge in [-0.3, -0.25) is 4.79 Å². The molecule has 0 aliphatic heterocycles. The lowest BCUT2D eigenvalue weighted by atomic mass is 10.1. The lowest BCUT2D eigenvalue weighted by molar-refractivity contribution is -0.291. The molecule has 0 saturated carbocycles. The number of halogens is 5. The summed E-state index contributed by atoms with van der Waals surface area (Å²) < 4.78 is 66.5. The molecule has 1 heterocycles. The molecule has 106 valence electrons. The van der Waals surface area contributed by atoms with Gasteiger partial charge < -0.3 is 9.72 Å². The number of aromatic nitrogens is 1. The van der Waals surface area contributed by atoms with E-state index in [1.54, 1.807) is 0 Å². The van der Waals surface area contributed by atoms with Gasteiger partial charge in [-0.05, 0) is 19.1 Å². The highest BCUT2D eigenvalue weighted by Gasteiger charge is 2.59. The van der Waals surface area contributed by atoms with Crippen molar-refractivity contribution in [1.29, 1.82) is 0 Å². The normalized spacial score (nSPS) is 12.3. The summed E-state index contributed by atoms with van der Waals surface area (Å²) in [5.41, 5.74) is -3.67. The number of ether oxygens (including phenoxy) is 1. The Hall–Kier alpha value is -1.93. The largest absolute Gasteiger partial charge is 0.462 e. The second-order valence-corrected chi connectivity index (χ2v) is 3.41. The molecule has 0 radical (unpaired) electrons. The lowest BCUT2D eigenvalue weighted by Gasteiger charge is -2.19. The zero-order chi connectivity index (χ0) is 14.8. The van der Waals surface area contributed by atoms with Gasteiger partial charge in [-0.2, -0.15) is 22.0 Å². The molecule has 0 aromatic carbocycles. The van der Waals surface area contributed by atoms with Crippen LogP contribution in [0.3, 0.4) is 0 Å². The fraction of sp³-hybridized carbons (Fsp3) is 0.400. The Bertz CT molecular complexity index is 535. The van der Waals surface area contributed by atoms with E-state index in [0.717, 1.165) is 0 Å². The van der Waals surface area contributed by atoms with E-state index >= 15 is 0 Å². The van der Waals surface area contributed by atoms with E-state index in [-0.39, 0.29) is 6.61 Å². The number of nitrogens with one attached hydrogen (secondary N) is 1. The highest BCUT2D eigenvalue weighted by molar-refractivity contribution is 5.88. The standard InChI is InChI=1S/C10H8F5NO3/c1-2-19-8(18)5-3-4-6(16-7(5)17)9(11,12)10(13,14)15/h3-4H,2H2,1H3,(H,16,17). The molecule has 0 aliphatic rings. The number of rotatable bonds is 3. The molecule has 0 amide bonds. The minimum absolute atomic E-state index is 0.0707. The number of carbonyl (C=O) groups excluding carboxylic acids is 1. The predicted octanol–water partition coefficient (Wildman–Crippen LogP) is 2.21. The Kier molecular flexibility index (Phi) is 3.97. The number of carbonyl (C=O) groups is 1. The first kappa shape index (κ1) is 15.1. The van der Waals surface area contributed by atoms with Crippen molar-refractivity contribution in [1.82, 2.24) is 4.98 Å². The second kappa shape index (κ2) is 4.98. The SMILES string of the molecule is CCOC(=O)c1ccc(C(F)(F)C(F)(F)F)[nH]c1=O. The Labute approximate surface area is 103 Å². The Balaban J connectivity index is 3.21. The monoisotopic (exact) mass is 285 g/mol.